The van der Waals surface area contributed by atoms with Gasteiger partial charge in [-0.1, -0.05) is 54.1 Å². The highest BCUT2D eigenvalue weighted by Gasteiger charge is 2.38. The summed E-state index contributed by atoms with van der Waals surface area (Å²) in [6, 6.07) is 24.4. The Bertz CT molecular complexity index is 1950. The first-order valence-electron chi connectivity index (χ1n) is 15.7. The van der Waals surface area contributed by atoms with E-state index in [9.17, 15) is 19.5 Å². The number of carbonyl (C=O) groups is 3. The maximum Gasteiger partial charge on any atom is 0.290 e. The highest BCUT2D eigenvalue weighted by Crippen LogP contribution is 2.43. The van der Waals surface area contributed by atoms with Crippen LogP contribution in [0.1, 0.15) is 68.2 Å². The molecular formula is C38H33ClN2O6. The van der Waals surface area contributed by atoms with Gasteiger partial charge < -0.3 is 19.9 Å². The molecule has 7 rings (SSSR count). The van der Waals surface area contributed by atoms with E-state index in [0.717, 1.165) is 16.9 Å². The monoisotopic (exact) mass is 648 g/mol. The molecule has 2 heterocycles. The summed E-state index contributed by atoms with van der Waals surface area (Å²) in [4.78, 5) is 41.1. The van der Waals surface area contributed by atoms with Crippen molar-refractivity contribution in [1.29, 1.82) is 0 Å². The van der Waals surface area contributed by atoms with Crippen LogP contribution in [0.3, 0.4) is 0 Å². The van der Waals surface area contributed by atoms with Gasteiger partial charge in [0.2, 0.25) is 6.29 Å². The number of nitrogens with zero attached hydrogens (tertiary/aromatic N) is 1. The molecule has 0 radical (unpaired) electrons. The van der Waals surface area contributed by atoms with Gasteiger partial charge in [0, 0.05) is 29.7 Å². The number of benzene rings is 4. The topological polar surface area (TPSA) is 105 Å². The van der Waals surface area contributed by atoms with Crippen molar-refractivity contribution < 1.29 is 29.0 Å². The molecule has 0 aromatic heterocycles. The van der Waals surface area contributed by atoms with Gasteiger partial charge in [-0.05, 0) is 102 Å². The van der Waals surface area contributed by atoms with Crippen LogP contribution in [0.2, 0.25) is 5.02 Å². The third-order valence-corrected chi connectivity index (χ3v) is 9.20. The molecule has 3 aliphatic rings. The van der Waals surface area contributed by atoms with Crippen LogP contribution in [-0.4, -0.2) is 42.3 Å². The molecular weight excluding hydrogens is 616 g/mol. The molecule has 47 heavy (non-hydrogen) atoms. The molecule has 9 heteroatoms. The second kappa shape index (κ2) is 12.8. The minimum atomic E-state index is -0.643. The molecule has 2 atom stereocenters. The van der Waals surface area contributed by atoms with Crippen LogP contribution >= 0.6 is 11.6 Å². The van der Waals surface area contributed by atoms with Crippen LogP contribution in [0.25, 0.3) is 11.1 Å². The lowest BCUT2D eigenvalue weighted by atomic mass is 9.87. The fourth-order valence-electron chi connectivity index (χ4n) is 6.70. The molecule has 2 aliphatic heterocycles. The SMILES string of the molecule is Cc1cc(NC(=O)C2=C[C@H](c3cccc4c3Cc3ccccc3-4)C[C@H](OCCCCO)O2)ccc1N1C(=O)c2ccc(Cl)cc2C1=O. The van der Waals surface area contributed by atoms with E-state index in [1.54, 1.807) is 37.3 Å². The first-order chi connectivity index (χ1) is 22.8. The minimum Gasteiger partial charge on any atom is -0.459 e. The zero-order chi connectivity index (χ0) is 32.7. The molecule has 0 fully saturated rings. The van der Waals surface area contributed by atoms with Crippen LogP contribution < -0.4 is 10.2 Å². The van der Waals surface area contributed by atoms with Crippen LogP contribution in [0.15, 0.2) is 90.7 Å². The van der Waals surface area contributed by atoms with Crippen molar-refractivity contribution in [1.82, 2.24) is 0 Å². The lowest BCUT2D eigenvalue weighted by Gasteiger charge is -2.30. The number of aliphatic hydroxyl groups is 1. The molecule has 3 amide bonds. The summed E-state index contributed by atoms with van der Waals surface area (Å²) in [7, 11) is 0. The second-order valence-corrected chi connectivity index (χ2v) is 12.5. The number of aryl methyl sites for hydroxylation is 1. The largest absolute Gasteiger partial charge is 0.459 e. The molecule has 8 nitrogen and oxygen atoms in total. The van der Waals surface area contributed by atoms with E-state index < -0.39 is 24.0 Å². The average molecular weight is 649 g/mol. The number of anilines is 2. The number of halogens is 1. The van der Waals surface area contributed by atoms with Gasteiger partial charge in [-0.25, -0.2) is 4.90 Å². The number of imide groups is 1. The standard InChI is InChI=1S/C38H33ClN2O6/c1-22-17-26(12-14-33(22)41-37(44)30-13-11-25(39)21-32(30)38(41)45)40-36(43)34-19-24(20-35(47-34)46-16-5-4-15-42)28-9-6-10-29-27-8-3-2-7-23(27)18-31(28)29/h2-3,6-14,17,19,21,24,35,42H,4-5,15-16,18,20H2,1H3,(H,40,43)/t24-,35+/m0/s1. The van der Waals surface area contributed by atoms with Gasteiger partial charge in [0.25, 0.3) is 17.7 Å². The lowest BCUT2D eigenvalue weighted by molar-refractivity contribution is -0.143. The summed E-state index contributed by atoms with van der Waals surface area (Å²) >= 11 is 6.08. The average Bonchev–Trinajstić information content (AvgIpc) is 3.57. The Balaban J connectivity index is 1.13. The number of rotatable bonds is 9. The van der Waals surface area contributed by atoms with Crippen LogP contribution in [0.5, 0.6) is 0 Å². The quantitative estimate of drug-likeness (QED) is 0.130. The number of hydrogen-bond acceptors (Lipinski definition) is 6. The highest BCUT2D eigenvalue weighted by molar-refractivity contribution is 6.37. The Morgan fingerprint density at radius 2 is 1.77 bits per heavy atom. The van der Waals surface area contributed by atoms with Gasteiger partial charge in [-0.3, -0.25) is 14.4 Å². The predicted octanol–water partition coefficient (Wildman–Crippen LogP) is 7.16. The zero-order valence-electron chi connectivity index (χ0n) is 25.8. The minimum absolute atomic E-state index is 0.0847. The van der Waals surface area contributed by atoms with Crippen molar-refractivity contribution in [3.8, 4) is 11.1 Å². The van der Waals surface area contributed by atoms with E-state index in [2.05, 4.69) is 47.8 Å². The van der Waals surface area contributed by atoms with E-state index in [0.29, 0.717) is 53.4 Å². The van der Waals surface area contributed by atoms with E-state index in [1.165, 1.54) is 28.3 Å². The maximum absolute atomic E-state index is 13.7. The number of allylic oxidation sites excluding steroid dienone is 1. The van der Waals surface area contributed by atoms with Crippen molar-refractivity contribution in [2.45, 2.75) is 44.8 Å². The molecule has 0 unspecified atom stereocenters. The number of hydrogen-bond donors (Lipinski definition) is 2. The summed E-state index contributed by atoms with van der Waals surface area (Å²) in [6.07, 6.45) is 3.88. The maximum atomic E-state index is 13.7. The lowest BCUT2D eigenvalue weighted by Crippen LogP contribution is -2.30. The van der Waals surface area contributed by atoms with Crippen molar-refractivity contribution >= 4 is 40.7 Å². The van der Waals surface area contributed by atoms with E-state index in [4.69, 9.17) is 21.1 Å². The molecule has 1 aliphatic carbocycles. The van der Waals surface area contributed by atoms with Crippen LogP contribution in [0.4, 0.5) is 11.4 Å². The van der Waals surface area contributed by atoms with Crippen molar-refractivity contribution in [3.05, 3.63) is 129 Å². The van der Waals surface area contributed by atoms with Gasteiger partial charge in [0.05, 0.1) is 23.4 Å². The van der Waals surface area contributed by atoms with E-state index in [-0.39, 0.29) is 23.8 Å². The molecule has 238 valence electrons. The number of carbonyl (C=O) groups excluding carboxylic acids is 3. The third kappa shape index (κ3) is 5.84. The van der Waals surface area contributed by atoms with E-state index >= 15 is 0 Å². The normalized spacial score (nSPS) is 17.9. The fourth-order valence-corrected chi connectivity index (χ4v) is 6.87. The number of fused-ring (bicyclic) bond motifs is 4. The van der Waals surface area contributed by atoms with Crippen molar-refractivity contribution in [2.24, 2.45) is 0 Å². The Labute approximate surface area is 277 Å². The molecule has 0 saturated carbocycles. The highest BCUT2D eigenvalue weighted by atomic mass is 35.5. The first-order valence-corrected chi connectivity index (χ1v) is 16.1. The van der Waals surface area contributed by atoms with E-state index in [1.807, 2.05) is 6.08 Å². The first kappa shape index (κ1) is 30.9. The Kier molecular flexibility index (Phi) is 8.40. The summed E-state index contributed by atoms with van der Waals surface area (Å²) in [5.74, 6) is -1.27. The number of unbranched alkanes of at least 4 members (excludes halogenated alkanes) is 1. The van der Waals surface area contributed by atoms with Gasteiger partial charge in [-0.15, -0.1) is 0 Å². The molecule has 2 N–H and O–H groups in total. The summed E-state index contributed by atoms with van der Waals surface area (Å²) in [6.45, 7) is 2.26. The Morgan fingerprint density at radius 1 is 0.957 bits per heavy atom. The molecule has 4 aromatic rings. The third-order valence-electron chi connectivity index (χ3n) is 8.97. The molecule has 0 saturated heterocycles. The summed E-state index contributed by atoms with van der Waals surface area (Å²) in [5.41, 5.74) is 8.21. The molecule has 0 bridgehead atoms. The van der Waals surface area contributed by atoms with Gasteiger partial charge >= 0.3 is 0 Å². The van der Waals surface area contributed by atoms with Crippen LogP contribution in [0, 0.1) is 6.92 Å². The zero-order valence-corrected chi connectivity index (χ0v) is 26.5. The van der Waals surface area contributed by atoms with Gasteiger partial charge in [0.1, 0.15) is 0 Å². The number of ether oxygens (including phenoxy) is 2. The fraction of sp³-hybridized carbons (Fsp3) is 0.237. The van der Waals surface area contributed by atoms with Gasteiger partial charge in [0.15, 0.2) is 5.76 Å². The number of aliphatic hydroxyl groups excluding tert-OH is 1. The molecule has 4 aromatic carbocycles. The Morgan fingerprint density at radius 3 is 2.60 bits per heavy atom. The molecule has 0 spiro atoms. The number of amides is 3. The Hall–Kier alpha value is -4.76. The second-order valence-electron chi connectivity index (χ2n) is 12.0. The number of nitrogens with one attached hydrogen (secondary N) is 1. The summed E-state index contributed by atoms with van der Waals surface area (Å²) < 4.78 is 12.2. The summed E-state index contributed by atoms with van der Waals surface area (Å²) in [5, 5.41) is 12.5. The van der Waals surface area contributed by atoms with Crippen LogP contribution in [-0.2, 0) is 20.7 Å². The van der Waals surface area contributed by atoms with Gasteiger partial charge in [-0.2, -0.15) is 0 Å². The predicted molar refractivity (Wildman–Crippen MR) is 180 cm³/mol. The smallest absolute Gasteiger partial charge is 0.290 e. The van der Waals surface area contributed by atoms with Crippen molar-refractivity contribution in [3.63, 3.8) is 0 Å². The van der Waals surface area contributed by atoms with Crippen molar-refractivity contribution in [2.75, 3.05) is 23.4 Å².